The standard InChI is InChI=1S/C44H46N6O3S/c1-26-34(19-31(23-45)50(26)25-44-20-27-16-28(21-44)18-29(17-27)22-44)32-12-13-38(47-39(32)41(52)53-43(2,3)4)49-15-14-30-8-7-9-33(35(30)24-49)40(51)48-42-46-36-10-5-6-11-37(36)54-42/h5-13,19,27-29H,14-18,20-22,24-25H2,1-4H3,(H,46,48,51). The smallest absolute Gasteiger partial charge is 0.358 e. The normalized spacial score (nSPS) is 22.9. The van der Waals surface area contributed by atoms with Gasteiger partial charge in [0.15, 0.2) is 10.8 Å². The van der Waals surface area contributed by atoms with Gasteiger partial charge in [0.1, 0.15) is 23.2 Å². The highest BCUT2D eigenvalue weighted by molar-refractivity contribution is 7.22. The zero-order valence-electron chi connectivity index (χ0n) is 31.4. The van der Waals surface area contributed by atoms with Crippen LogP contribution in [0.25, 0.3) is 21.3 Å². The molecule has 5 aliphatic rings. The van der Waals surface area contributed by atoms with Crippen molar-refractivity contribution in [2.45, 2.75) is 91.3 Å². The molecule has 1 aliphatic heterocycles. The van der Waals surface area contributed by atoms with Crippen LogP contribution in [0.4, 0.5) is 10.9 Å². The molecule has 4 fully saturated rings. The molecule has 54 heavy (non-hydrogen) atoms. The van der Waals surface area contributed by atoms with Gasteiger partial charge in [0.05, 0.1) is 10.2 Å². The number of ether oxygens (including phenoxy) is 1. The summed E-state index contributed by atoms with van der Waals surface area (Å²) in [5, 5.41) is 14.0. The van der Waals surface area contributed by atoms with E-state index in [0.29, 0.717) is 40.9 Å². The molecule has 10 heteroatoms. The minimum atomic E-state index is -0.723. The molecule has 0 unspecified atom stereocenters. The van der Waals surface area contributed by atoms with Crippen LogP contribution in [0.1, 0.15) is 103 Å². The third-order valence-electron chi connectivity index (χ3n) is 12.3. The number of pyridine rings is 1. The van der Waals surface area contributed by atoms with Crippen molar-refractivity contribution in [2.24, 2.45) is 23.2 Å². The van der Waals surface area contributed by atoms with Crippen LogP contribution >= 0.6 is 11.3 Å². The van der Waals surface area contributed by atoms with Gasteiger partial charge in [-0.05, 0) is 143 Å². The molecule has 10 rings (SSSR count). The summed E-state index contributed by atoms with van der Waals surface area (Å²) >= 11 is 1.45. The largest absolute Gasteiger partial charge is 0.455 e. The van der Waals surface area contributed by atoms with Gasteiger partial charge in [0.2, 0.25) is 0 Å². The van der Waals surface area contributed by atoms with Crippen molar-refractivity contribution in [1.82, 2.24) is 14.5 Å². The first kappa shape index (κ1) is 34.7. The van der Waals surface area contributed by atoms with E-state index in [1.807, 2.05) is 75.4 Å². The SMILES string of the molecule is Cc1c(-c2ccc(N3CCc4cccc(C(=O)Nc5nc6ccccc6s5)c4C3)nc2C(=O)OC(C)(C)C)cc(C#N)n1CC12CC3CC(CC(C3)C1)C2. The Morgan fingerprint density at radius 1 is 0.981 bits per heavy atom. The summed E-state index contributed by atoms with van der Waals surface area (Å²) in [6, 6.07) is 22.1. The van der Waals surface area contributed by atoms with Crippen LogP contribution in [-0.2, 0) is 24.2 Å². The average molecular weight is 739 g/mol. The number of fused-ring (bicyclic) bond motifs is 2. The van der Waals surface area contributed by atoms with Gasteiger partial charge in [-0.15, -0.1) is 0 Å². The van der Waals surface area contributed by atoms with Gasteiger partial charge >= 0.3 is 5.97 Å². The highest BCUT2D eigenvalue weighted by atomic mass is 32.1. The number of nitrogens with zero attached hydrogens (tertiary/aromatic N) is 5. The number of amides is 1. The van der Waals surface area contributed by atoms with E-state index in [4.69, 9.17) is 9.72 Å². The number of para-hydroxylation sites is 1. The second-order valence-corrected chi connectivity index (χ2v) is 18.3. The molecule has 276 valence electrons. The maximum atomic E-state index is 14.0. The molecular formula is C44H46N6O3S. The minimum Gasteiger partial charge on any atom is -0.455 e. The number of aromatic nitrogens is 3. The van der Waals surface area contributed by atoms with E-state index >= 15 is 0 Å². The van der Waals surface area contributed by atoms with Gasteiger partial charge in [-0.3, -0.25) is 10.1 Å². The number of nitrogens with one attached hydrogen (secondary N) is 1. The summed E-state index contributed by atoms with van der Waals surface area (Å²) < 4.78 is 9.19. The Bertz CT molecular complexity index is 2290. The summed E-state index contributed by atoms with van der Waals surface area (Å²) in [5.41, 5.74) is 6.37. The zero-order chi connectivity index (χ0) is 37.4. The fourth-order valence-electron chi connectivity index (χ4n) is 10.4. The maximum Gasteiger partial charge on any atom is 0.358 e. The Morgan fingerprint density at radius 3 is 2.43 bits per heavy atom. The predicted octanol–water partition coefficient (Wildman–Crippen LogP) is 9.33. The summed E-state index contributed by atoms with van der Waals surface area (Å²) in [6.07, 6.45) is 8.60. The zero-order valence-corrected chi connectivity index (χ0v) is 32.3. The van der Waals surface area contributed by atoms with Gasteiger partial charge in [-0.2, -0.15) is 5.26 Å². The molecule has 3 aromatic heterocycles. The van der Waals surface area contributed by atoms with Crippen LogP contribution in [0.5, 0.6) is 0 Å². The van der Waals surface area contributed by atoms with Crippen LogP contribution in [-0.4, -0.2) is 38.6 Å². The third-order valence-corrected chi connectivity index (χ3v) is 13.2. The number of rotatable bonds is 7. The van der Waals surface area contributed by atoms with E-state index in [9.17, 15) is 14.9 Å². The molecule has 1 N–H and O–H groups in total. The summed E-state index contributed by atoms with van der Waals surface area (Å²) in [7, 11) is 0. The van der Waals surface area contributed by atoms with E-state index in [2.05, 4.69) is 38.8 Å². The molecule has 0 radical (unpaired) electrons. The number of thiazole rings is 1. The first-order valence-corrected chi connectivity index (χ1v) is 20.1. The van der Waals surface area contributed by atoms with Crippen LogP contribution in [0.3, 0.4) is 0 Å². The van der Waals surface area contributed by atoms with Crippen molar-refractivity contribution in [2.75, 3.05) is 16.8 Å². The van der Waals surface area contributed by atoms with Crippen LogP contribution in [0.15, 0.2) is 60.7 Å². The van der Waals surface area contributed by atoms with E-state index < -0.39 is 11.6 Å². The molecule has 4 bridgehead atoms. The lowest BCUT2D eigenvalue weighted by atomic mass is 9.49. The Hall–Kier alpha value is -5.01. The highest BCUT2D eigenvalue weighted by Crippen LogP contribution is 2.61. The average Bonchev–Trinajstić information content (AvgIpc) is 3.68. The van der Waals surface area contributed by atoms with Crippen molar-refractivity contribution in [3.63, 3.8) is 0 Å². The molecule has 0 atom stereocenters. The van der Waals surface area contributed by atoms with Crippen molar-refractivity contribution >= 4 is 44.4 Å². The quantitative estimate of drug-likeness (QED) is 0.166. The van der Waals surface area contributed by atoms with Gasteiger partial charge < -0.3 is 14.2 Å². The lowest BCUT2D eigenvalue weighted by Crippen LogP contribution is -2.48. The second-order valence-electron chi connectivity index (χ2n) is 17.3. The summed E-state index contributed by atoms with van der Waals surface area (Å²) in [4.78, 5) is 39.5. The maximum absolute atomic E-state index is 14.0. The van der Waals surface area contributed by atoms with E-state index in [1.54, 1.807) is 0 Å². The van der Waals surface area contributed by atoms with E-state index in [0.717, 1.165) is 63.3 Å². The van der Waals surface area contributed by atoms with Crippen molar-refractivity contribution in [1.29, 1.82) is 5.26 Å². The molecule has 4 saturated carbocycles. The Morgan fingerprint density at radius 2 is 1.72 bits per heavy atom. The number of esters is 1. The minimum absolute atomic E-state index is 0.202. The van der Waals surface area contributed by atoms with Crippen molar-refractivity contribution < 1.29 is 14.3 Å². The molecule has 0 saturated heterocycles. The fourth-order valence-corrected chi connectivity index (χ4v) is 11.3. The monoisotopic (exact) mass is 738 g/mol. The number of anilines is 2. The molecular weight excluding hydrogens is 693 g/mol. The fraction of sp³-hybridized carbons (Fsp3) is 0.432. The summed E-state index contributed by atoms with van der Waals surface area (Å²) in [5.74, 6) is 2.39. The molecule has 2 aromatic carbocycles. The van der Waals surface area contributed by atoms with Gasteiger partial charge in [-0.25, -0.2) is 14.8 Å². The Kier molecular flexibility index (Phi) is 8.42. The predicted molar refractivity (Wildman–Crippen MR) is 212 cm³/mol. The topological polar surface area (TPSA) is 113 Å². The molecule has 9 nitrogen and oxygen atoms in total. The third kappa shape index (κ3) is 6.36. The lowest BCUT2D eigenvalue weighted by Gasteiger charge is -2.57. The molecule has 0 spiro atoms. The first-order chi connectivity index (χ1) is 25.9. The van der Waals surface area contributed by atoms with E-state index in [-0.39, 0.29) is 17.0 Å². The molecule has 1 amide bonds. The first-order valence-electron chi connectivity index (χ1n) is 19.3. The summed E-state index contributed by atoms with van der Waals surface area (Å²) in [6.45, 7) is 9.63. The van der Waals surface area contributed by atoms with Crippen LogP contribution < -0.4 is 10.2 Å². The number of hydrogen-bond acceptors (Lipinski definition) is 8. The van der Waals surface area contributed by atoms with Crippen molar-refractivity contribution in [3.05, 3.63) is 94.4 Å². The molecule has 5 aromatic rings. The van der Waals surface area contributed by atoms with Gasteiger partial charge in [0.25, 0.3) is 5.91 Å². The Balaban J connectivity index is 1.03. The highest BCUT2D eigenvalue weighted by Gasteiger charge is 2.51. The van der Waals surface area contributed by atoms with Gasteiger partial charge in [0, 0.05) is 42.0 Å². The molecule has 4 aliphatic carbocycles. The van der Waals surface area contributed by atoms with Crippen LogP contribution in [0.2, 0.25) is 0 Å². The second kappa shape index (κ2) is 13.1. The van der Waals surface area contributed by atoms with Crippen molar-refractivity contribution in [3.8, 4) is 17.2 Å². The lowest BCUT2D eigenvalue weighted by molar-refractivity contribution is -0.0621. The number of carbonyl (C=O) groups is 2. The van der Waals surface area contributed by atoms with E-state index in [1.165, 1.54) is 49.9 Å². The number of benzene rings is 2. The molecule has 4 heterocycles. The Labute approximate surface area is 320 Å². The number of hydrogen-bond donors (Lipinski definition) is 1. The number of nitriles is 1. The number of carbonyl (C=O) groups excluding carboxylic acids is 2. The van der Waals surface area contributed by atoms with Crippen LogP contribution in [0, 0.1) is 41.4 Å². The van der Waals surface area contributed by atoms with Gasteiger partial charge in [-0.1, -0.05) is 35.6 Å².